The molecule has 0 radical (unpaired) electrons. The van der Waals surface area contributed by atoms with Crippen molar-refractivity contribution in [1.82, 2.24) is 14.8 Å². The van der Waals surface area contributed by atoms with Crippen molar-refractivity contribution in [3.8, 4) is 11.4 Å². The molecule has 5 heteroatoms. The van der Waals surface area contributed by atoms with Crippen LogP contribution in [0.5, 0.6) is 0 Å². The van der Waals surface area contributed by atoms with E-state index in [1.807, 2.05) is 28.8 Å². The molecule has 0 saturated heterocycles. The Morgan fingerprint density at radius 2 is 2.24 bits per heavy atom. The van der Waals surface area contributed by atoms with Gasteiger partial charge in [0.2, 0.25) is 0 Å². The van der Waals surface area contributed by atoms with Gasteiger partial charge >= 0.3 is 0 Å². The molecule has 0 aliphatic carbocycles. The van der Waals surface area contributed by atoms with Gasteiger partial charge in [-0.1, -0.05) is 12.1 Å². The Morgan fingerprint density at radius 3 is 3.06 bits per heavy atom. The molecule has 0 saturated carbocycles. The van der Waals surface area contributed by atoms with Gasteiger partial charge in [0.1, 0.15) is 6.10 Å². The largest absolute Gasteiger partial charge is 0.399 e. The van der Waals surface area contributed by atoms with Crippen LogP contribution in [0.2, 0.25) is 0 Å². The van der Waals surface area contributed by atoms with Gasteiger partial charge in [0, 0.05) is 17.8 Å². The minimum Gasteiger partial charge on any atom is -0.399 e. The van der Waals surface area contributed by atoms with Crippen LogP contribution in [-0.4, -0.2) is 19.9 Å². The summed E-state index contributed by atoms with van der Waals surface area (Å²) in [5.41, 5.74) is 7.41. The van der Waals surface area contributed by atoms with Crippen LogP contribution in [0.4, 0.5) is 5.69 Å². The Labute approximate surface area is 98.9 Å². The molecule has 3 N–H and O–H groups in total. The van der Waals surface area contributed by atoms with Gasteiger partial charge in [-0.2, -0.15) is 0 Å². The number of fused-ring (bicyclic) bond motifs is 1. The fourth-order valence-corrected chi connectivity index (χ4v) is 2.25. The van der Waals surface area contributed by atoms with Crippen LogP contribution in [0.3, 0.4) is 0 Å². The number of nitrogens with zero attached hydrogens (tertiary/aromatic N) is 3. The number of benzene rings is 1. The Kier molecular flexibility index (Phi) is 2.33. The lowest BCUT2D eigenvalue weighted by Gasteiger charge is -2.19. The van der Waals surface area contributed by atoms with Gasteiger partial charge in [-0.3, -0.25) is 0 Å². The van der Waals surface area contributed by atoms with Crippen molar-refractivity contribution in [3.05, 3.63) is 30.1 Å². The zero-order chi connectivity index (χ0) is 11.8. The molecule has 2 heterocycles. The SMILES string of the molecule is Nc1cccc(-c2nnc3n2CCCC3O)c1. The van der Waals surface area contributed by atoms with Crippen molar-refractivity contribution in [2.75, 3.05) is 5.73 Å². The average molecular weight is 230 g/mol. The van der Waals surface area contributed by atoms with E-state index in [1.165, 1.54) is 0 Å². The summed E-state index contributed by atoms with van der Waals surface area (Å²) in [6.07, 6.45) is 1.21. The van der Waals surface area contributed by atoms with Crippen molar-refractivity contribution in [3.63, 3.8) is 0 Å². The average Bonchev–Trinajstić information content (AvgIpc) is 2.74. The molecule has 1 unspecified atom stereocenters. The molecule has 2 aromatic rings. The van der Waals surface area contributed by atoms with Gasteiger partial charge < -0.3 is 15.4 Å². The molecule has 17 heavy (non-hydrogen) atoms. The lowest BCUT2D eigenvalue weighted by molar-refractivity contribution is 0.134. The first kappa shape index (κ1) is 10.3. The molecule has 88 valence electrons. The number of hydrogen-bond donors (Lipinski definition) is 2. The number of anilines is 1. The Balaban J connectivity index is 2.10. The molecule has 0 fully saturated rings. The smallest absolute Gasteiger partial charge is 0.164 e. The second kappa shape index (κ2) is 3.85. The number of aliphatic hydroxyl groups excluding tert-OH is 1. The van der Waals surface area contributed by atoms with Crippen molar-refractivity contribution in [2.45, 2.75) is 25.5 Å². The highest BCUT2D eigenvalue weighted by molar-refractivity contribution is 5.61. The Hall–Kier alpha value is -1.88. The maximum Gasteiger partial charge on any atom is 0.164 e. The number of aliphatic hydroxyl groups is 1. The maximum atomic E-state index is 9.83. The van der Waals surface area contributed by atoms with Crippen molar-refractivity contribution in [1.29, 1.82) is 0 Å². The summed E-state index contributed by atoms with van der Waals surface area (Å²) in [6.45, 7) is 0.851. The van der Waals surface area contributed by atoms with Crippen molar-refractivity contribution < 1.29 is 5.11 Å². The second-order valence-electron chi connectivity index (χ2n) is 4.32. The Morgan fingerprint density at radius 1 is 1.35 bits per heavy atom. The van der Waals surface area contributed by atoms with Gasteiger partial charge in [0.05, 0.1) is 0 Å². The van der Waals surface area contributed by atoms with Gasteiger partial charge in [0.25, 0.3) is 0 Å². The van der Waals surface area contributed by atoms with Gasteiger partial charge in [-0.25, -0.2) is 0 Å². The molecule has 5 nitrogen and oxygen atoms in total. The number of nitrogens with two attached hydrogens (primary N) is 1. The van der Waals surface area contributed by atoms with Crippen LogP contribution in [0.25, 0.3) is 11.4 Å². The van der Waals surface area contributed by atoms with E-state index in [0.29, 0.717) is 11.5 Å². The molecule has 1 aromatic carbocycles. The number of hydrogen-bond acceptors (Lipinski definition) is 4. The highest BCUT2D eigenvalue weighted by atomic mass is 16.3. The van der Waals surface area contributed by atoms with E-state index in [0.717, 1.165) is 30.8 Å². The highest BCUT2D eigenvalue weighted by Crippen LogP contribution is 2.28. The third-order valence-corrected chi connectivity index (χ3v) is 3.08. The highest BCUT2D eigenvalue weighted by Gasteiger charge is 2.23. The molecule has 3 rings (SSSR count). The van der Waals surface area contributed by atoms with E-state index in [9.17, 15) is 5.11 Å². The molecule has 1 aliphatic rings. The second-order valence-corrected chi connectivity index (χ2v) is 4.32. The van der Waals surface area contributed by atoms with Crippen LogP contribution in [0, 0.1) is 0 Å². The zero-order valence-electron chi connectivity index (χ0n) is 9.37. The predicted molar refractivity (Wildman–Crippen MR) is 64.1 cm³/mol. The lowest BCUT2D eigenvalue weighted by atomic mass is 10.1. The van der Waals surface area contributed by atoms with Gasteiger partial charge in [-0.15, -0.1) is 10.2 Å². The summed E-state index contributed by atoms with van der Waals surface area (Å²) in [5.74, 6) is 1.44. The zero-order valence-corrected chi connectivity index (χ0v) is 9.37. The summed E-state index contributed by atoms with van der Waals surface area (Å²) in [6, 6.07) is 7.56. The van der Waals surface area contributed by atoms with Gasteiger partial charge in [-0.05, 0) is 25.0 Å². The van der Waals surface area contributed by atoms with E-state index in [2.05, 4.69) is 10.2 Å². The third-order valence-electron chi connectivity index (χ3n) is 3.08. The molecular weight excluding hydrogens is 216 g/mol. The summed E-state index contributed by atoms with van der Waals surface area (Å²) < 4.78 is 1.98. The monoisotopic (exact) mass is 230 g/mol. The van der Waals surface area contributed by atoms with Gasteiger partial charge in [0.15, 0.2) is 11.6 Å². The minimum atomic E-state index is -0.494. The molecule has 1 aromatic heterocycles. The van der Waals surface area contributed by atoms with Crippen LogP contribution >= 0.6 is 0 Å². The van der Waals surface area contributed by atoms with E-state index in [-0.39, 0.29) is 0 Å². The van der Waals surface area contributed by atoms with Crippen molar-refractivity contribution >= 4 is 5.69 Å². The normalized spacial score (nSPS) is 19.0. The number of rotatable bonds is 1. The van der Waals surface area contributed by atoms with E-state index in [4.69, 9.17) is 5.73 Å². The van der Waals surface area contributed by atoms with E-state index < -0.39 is 6.10 Å². The lowest BCUT2D eigenvalue weighted by Crippen LogP contribution is -2.16. The minimum absolute atomic E-state index is 0.494. The molecule has 0 bridgehead atoms. The van der Waals surface area contributed by atoms with Crippen LogP contribution in [-0.2, 0) is 6.54 Å². The standard InChI is InChI=1S/C12H14N4O/c13-9-4-1-3-8(7-9)11-14-15-12-10(17)5-2-6-16(11)12/h1,3-4,7,10,17H,2,5-6,13H2. The van der Waals surface area contributed by atoms with Crippen LogP contribution < -0.4 is 5.73 Å². The summed E-state index contributed by atoms with van der Waals surface area (Å²) in [4.78, 5) is 0. The molecule has 1 atom stereocenters. The fraction of sp³-hybridized carbons (Fsp3) is 0.333. The van der Waals surface area contributed by atoms with Crippen molar-refractivity contribution in [2.24, 2.45) is 0 Å². The quantitative estimate of drug-likeness (QED) is 0.725. The first-order valence-electron chi connectivity index (χ1n) is 5.73. The third kappa shape index (κ3) is 1.68. The summed E-state index contributed by atoms with van der Waals surface area (Å²) >= 11 is 0. The molecule has 0 spiro atoms. The number of aromatic nitrogens is 3. The molecular formula is C12H14N4O. The first-order valence-corrected chi connectivity index (χ1v) is 5.73. The molecule has 0 amide bonds. The topological polar surface area (TPSA) is 77.0 Å². The van der Waals surface area contributed by atoms with Crippen LogP contribution in [0.15, 0.2) is 24.3 Å². The maximum absolute atomic E-state index is 9.83. The first-order chi connectivity index (χ1) is 8.25. The Bertz CT molecular complexity index is 549. The van der Waals surface area contributed by atoms with E-state index >= 15 is 0 Å². The van der Waals surface area contributed by atoms with Crippen LogP contribution in [0.1, 0.15) is 24.8 Å². The predicted octanol–water partition coefficient (Wildman–Crippen LogP) is 1.35. The summed E-state index contributed by atoms with van der Waals surface area (Å²) in [7, 11) is 0. The molecule has 1 aliphatic heterocycles. The summed E-state index contributed by atoms with van der Waals surface area (Å²) in [5, 5.41) is 18.1. The fourth-order valence-electron chi connectivity index (χ4n) is 2.25. The van der Waals surface area contributed by atoms with E-state index in [1.54, 1.807) is 0 Å². The number of nitrogen functional groups attached to an aromatic ring is 1.